The second-order valence-corrected chi connectivity index (χ2v) is 4.17. The van der Waals surface area contributed by atoms with E-state index in [1.807, 2.05) is 0 Å². The summed E-state index contributed by atoms with van der Waals surface area (Å²) < 4.78 is 5.04. The molecule has 3 nitrogen and oxygen atoms in total. The smallest absolute Gasteiger partial charge is 0.196 e. The summed E-state index contributed by atoms with van der Waals surface area (Å²) in [6.07, 6.45) is 0. The van der Waals surface area contributed by atoms with Crippen molar-refractivity contribution < 1.29 is 9.53 Å². The Morgan fingerprint density at radius 1 is 1.17 bits per heavy atom. The molecule has 0 heterocycles. The summed E-state index contributed by atoms with van der Waals surface area (Å²) in [4.78, 5) is 12.3. The number of methoxy groups -OCH3 is 1. The number of ketones is 1. The Morgan fingerprint density at radius 2 is 1.89 bits per heavy atom. The van der Waals surface area contributed by atoms with Gasteiger partial charge in [-0.1, -0.05) is 23.7 Å². The zero-order chi connectivity index (χ0) is 13.1. The molecule has 0 saturated carbocycles. The number of hydrogen-bond acceptors (Lipinski definition) is 3. The zero-order valence-corrected chi connectivity index (χ0v) is 10.6. The lowest BCUT2D eigenvalue weighted by Crippen LogP contribution is -2.05. The average molecular weight is 262 g/mol. The molecule has 0 saturated heterocycles. The van der Waals surface area contributed by atoms with Gasteiger partial charge in [0.25, 0.3) is 0 Å². The van der Waals surface area contributed by atoms with E-state index >= 15 is 0 Å². The quantitative estimate of drug-likeness (QED) is 0.682. The molecule has 2 N–H and O–H groups in total. The number of carbonyl (C=O) groups excluding carboxylic acids is 1. The van der Waals surface area contributed by atoms with E-state index in [4.69, 9.17) is 22.1 Å². The minimum Gasteiger partial charge on any atom is -0.497 e. The minimum absolute atomic E-state index is 0.194. The summed E-state index contributed by atoms with van der Waals surface area (Å²) in [5.74, 6) is 0.415. The average Bonchev–Trinajstić information content (AvgIpc) is 2.38. The summed E-state index contributed by atoms with van der Waals surface area (Å²) in [6.45, 7) is 0. The van der Waals surface area contributed by atoms with Gasteiger partial charge in [0.15, 0.2) is 5.78 Å². The highest BCUT2D eigenvalue weighted by Crippen LogP contribution is 2.26. The summed E-state index contributed by atoms with van der Waals surface area (Å²) in [6, 6.07) is 11.8. The van der Waals surface area contributed by atoms with Crippen LogP contribution in [0.3, 0.4) is 0 Å². The number of rotatable bonds is 3. The Bertz CT molecular complexity index is 596. The normalized spacial score (nSPS) is 10.1. The van der Waals surface area contributed by atoms with Crippen molar-refractivity contribution in [1.82, 2.24) is 0 Å². The van der Waals surface area contributed by atoms with Crippen LogP contribution in [0.4, 0.5) is 5.69 Å². The molecule has 0 amide bonds. The molecule has 0 aromatic heterocycles. The first-order chi connectivity index (χ1) is 8.63. The van der Waals surface area contributed by atoms with E-state index in [9.17, 15) is 4.79 Å². The highest BCUT2D eigenvalue weighted by Gasteiger charge is 2.15. The van der Waals surface area contributed by atoms with Crippen LogP contribution in [0.25, 0.3) is 0 Å². The lowest BCUT2D eigenvalue weighted by atomic mass is 10.0. The van der Waals surface area contributed by atoms with Gasteiger partial charge in [0.05, 0.1) is 12.1 Å². The fraction of sp³-hybridized carbons (Fsp3) is 0.0714. The Labute approximate surface area is 110 Å². The molecule has 2 aromatic carbocycles. The van der Waals surface area contributed by atoms with Crippen molar-refractivity contribution >= 4 is 23.1 Å². The molecule has 0 aliphatic carbocycles. The topological polar surface area (TPSA) is 52.3 Å². The van der Waals surface area contributed by atoms with Crippen molar-refractivity contribution in [2.45, 2.75) is 0 Å². The van der Waals surface area contributed by atoms with E-state index in [0.717, 1.165) is 0 Å². The predicted octanol–water partition coefficient (Wildman–Crippen LogP) is 3.16. The van der Waals surface area contributed by atoms with E-state index < -0.39 is 0 Å². The molecular formula is C14H12ClNO2. The van der Waals surface area contributed by atoms with Gasteiger partial charge in [0, 0.05) is 16.8 Å². The summed E-state index contributed by atoms with van der Waals surface area (Å²) >= 11 is 6.06. The number of halogens is 1. The molecule has 2 rings (SSSR count). The van der Waals surface area contributed by atoms with Crippen molar-refractivity contribution in [2.24, 2.45) is 0 Å². The largest absolute Gasteiger partial charge is 0.497 e. The van der Waals surface area contributed by atoms with Crippen molar-refractivity contribution in [1.29, 1.82) is 0 Å². The first-order valence-electron chi connectivity index (χ1n) is 5.36. The molecule has 0 fully saturated rings. The van der Waals surface area contributed by atoms with E-state index in [1.54, 1.807) is 49.6 Å². The molecule has 0 aliphatic rings. The maximum absolute atomic E-state index is 12.3. The number of anilines is 1. The van der Waals surface area contributed by atoms with E-state index in [-0.39, 0.29) is 5.78 Å². The van der Waals surface area contributed by atoms with Crippen LogP contribution < -0.4 is 10.5 Å². The molecule has 0 atom stereocenters. The fourth-order valence-electron chi connectivity index (χ4n) is 1.66. The molecule has 2 aromatic rings. The van der Waals surface area contributed by atoms with Crippen LogP contribution in [0, 0.1) is 0 Å². The molecule has 92 valence electrons. The minimum atomic E-state index is -0.194. The molecule has 18 heavy (non-hydrogen) atoms. The fourth-order valence-corrected chi connectivity index (χ4v) is 1.91. The Kier molecular flexibility index (Phi) is 3.53. The number of carbonyl (C=O) groups is 1. The third-order valence-electron chi connectivity index (χ3n) is 2.63. The van der Waals surface area contributed by atoms with Crippen molar-refractivity contribution in [3.8, 4) is 5.75 Å². The van der Waals surface area contributed by atoms with Gasteiger partial charge in [0.1, 0.15) is 5.75 Å². The van der Waals surface area contributed by atoms with Crippen molar-refractivity contribution in [3.05, 3.63) is 58.6 Å². The van der Waals surface area contributed by atoms with Crippen molar-refractivity contribution in [2.75, 3.05) is 12.8 Å². The van der Waals surface area contributed by atoms with Crippen LogP contribution in [0.2, 0.25) is 5.02 Å². The molecular weight excluding hydrogens is 250 g/mol. The summed E-state index contributed by atoms with van der Waals surface area (Å²) in [5.41, 5.74) is 7.08. The van der Waals surface area contributed by atoms with E-state index in [0.29, 0.717) is 27.6 Å². The Balaban J connectivity index is 2.44. The second-order valence-electron chi connectivity index (χ2n) is 3.76. The number of nitrogens with two attached hydrogens (primary N) is 1. The van der Waals surface area contributed by atoms with Crippen LogP contribution in [0.15, 0.2) is 42.5 Å². The molecule has 0 aliphatic heterocycles. The van der Waals surface area contributed by atoms with Gasteiger partial charge in [-0.3, -0.25) is 4.79 Å². The maximum Gasteiger partial charge on any atom is 0.196 e. The third-order valence-corrected chi connectivity index (χ3v) is 2.94. The van der Waals surface area contributed by atoms with Gasteiger partial charge >= 0.3 is 0 Å². The standard InChI is InChI=1S/C14H12ClNO2/c1-18-9-6-7-10(12(15)8-9)14(17)11-4-2-3-5-13(11)16/h2-8H,16H2,1H3. The van der Waals surface area contributed by atoms with Crippen LogP contribution in [-0.4, -0.2) is 12.9 Å². The lowest BCUT2D eigenvalue weighted by Gasteiger charge is -2.07. The van der Waals surface area contributed by atoms with Gasteiger partial charge in [-0.2, -0.15) is 0 Å². The van der Waals surface area contributed by atoms with Gasteiger partial charge in [-0.05, 0) is 30.3 Å². The molecule has 0 bridgehead atoms. The highest BCUT2D eigenvalue weighted by atomic mass is 35.5. The number of para-hydroxylation sites is 1. The second kappa shape index (κ2) is 5.10. The predicted molar refractivity (Wildman–Crippen MR) is 72.3 cm³/mol. The monoisotopic (exact) mass is 261 g/mol. The molecule has 0 unspecified atom stereocenters. The van der Waals surface area contributed by atoms with Gasteiger partial charge < -0.3 is 10.5 Å². The van der Waals surface area contributed by atoms with Gasteiger partial charge in [-0.15, -0.1) is 0 Å². The summed E-state index contributed by atoms with van der Waals surface area (Å²) in [7, 11) is 1.54. The van der Waals surface area contributed by atoms with Gasteiger partial charge in [-0.25, -0.2) is 0 Å². The van der Waals surface area contributed by atoms with Crippen LogP contribution in [-0.2, 0) is 0 Å². The zero-order valence-electron chi connectivity index (χ0n) is 9.81. The Morgan fingerprint density at radius 3 is 2.50 bits per heavy atom. The first kappa shape index (κ1) is 12.5. The number of benzene rings is 2. The number of ether oxygens (including phenoxy) is 1. The first-order valence-corrected chi connectivity index (χ1v) is 5.74. The highest BCUT2D eigenvalue weighted by molar-refractivity contribution is 6.35. The number of nitrogen functional groups attached to an aromatic ring is 1. The van der Waals surface area contributed by atoms with E-state index in [1.165, 1.54) is 0 Å². The van der Waals surface area contributed by atoms with Crippen LogP contribution in [0.5, 0.6) is 5.75 Å². The number of hydrogen-bond donors (Lipinski definition) is 1. The third kappa shape index (κ3) is 2.31. The van der Waals surface area contributed by atoms with Crippen LogP contribution >= 0.6 is 11.6 Å². The SMILES string of the molecule is COc1ccc(C(=O)c2ccccc2N)c(Cl)c1. The maximum atomic E-state index is 12.3. The molecule has 0 spiro atoms. The Hall–Kier alpha value is -2.00. The molecule has 4 heteroatoms. The summed E-state index contributed by atoms with van der Waals surface area (Å²) in [5, 5.41) is 0.350. The van der Waals surface area contributed by atoms with Crippen molar-refractivity contribution in [3.63, 3.8) is 0 Å². The lowest BCUT2D eigenvalue weighted by molar-refractivity contribution is 0.103. The van der Waals surface area contributed by atoms with Crippen LogP contribution in [0.1, 0.15) is 15.9 Å². The molecule has 0 radical (unpaired) electrons. The van der Waals surface area contributed by atoms with E-state index in [2.05, 4.69) is 0 Å². The van der Waals surface area contributed by atoms with Gasteiger partial charge in [0.2, 0.25) is 0 Å².